The number of hydrogen-bond donors (Lipinski definition) is 0. The van der Waals surface area contributed by atoms with E-state index in [1.54, 1.807) is 41.7 Å². The lowest BCUT2D eigenvalue weighted by atomic mass is 9.91. The van der Waals surface area contributed by atoms with Gasteiger partial charge in [0.2, 0.25) is 20.0 Å². The molecular formula is C31H39N3O7S2. The Morgan fingerprint density at radius 3 is 1.93 bits per heavy atom. The summed E-state index contributed by atoms with van der Waals surface area (Å²) < 4.78 is 73.6. The number of sulfonamides is 2. The van der Waals surface area contributed by atoms with Crippen molar-refractivity contribution >= 4 is 25.7 Å². The molecule has 232 valence electrons. The Morgan fingerprint density at radius 2 is 1.30 bits per heavy atom. The van der Waals surface area contributed by atoms with Crippen LogP contribution in [0.4, 0.5) is 5.69 Å². The van der Waals surface area contributed by atoms with Gasteiger partial charge in [0.25, 0.3) is 0 Å². The standard InChI is InChI=1S/C31H39N3O7S2/c1-39-26-9-11-30(41-3)31(22-26)43(37,38)34-19-17-32(18-20-34)28-23-27(10-12-29(28)40-2)42(35,36)33-15-13-25(14-16-33)21-24-7-5-4-6-8-24/h4-12,22-23,25H,13-21H2,1-3H3. The molecule has 2 saturated heterocycles. The van der Waals surface area contributed by atoms with E-state index in [4.69, 9.17) is 14.2 Å². The molecule has 3 aromatic rings. The van der Waals surface area contributed by atoms with Crippen molar-refractivity contribution in [2.75, 3.05) is 65.5 Å². The zero-order valence-electron chi connectivity index (χ0n) is 24.8. The predicted molar refractivity (Wildman–Crippen MR) is 165 cm³/mol. The van der Waals surface area contributed by atoms with Crippen LogP contribution in [-0.4, -0.2) is 86.0 Å². The molecule has 2 heterocycles. The van der Waals surface area contributed by atoms with Crippen molar-refractivity contribution in [1.29, 1.82) is 0 Å². The van der Waals surface area contributed by atoms with Gasteiger partial charge >= 0.3 is 0 Å². The highest BCUT2D eigenvalue weighted by atomic mass is 32.2. The van der Waals surface area contributed by atoms with Gasteiger partial charge in [-0.05, 0) is 61.1 Å². The SMILES string of the molecule is COc1ccc(OC)c(S(=O)(=O)N2CCN(c3cc(S(=O)(=O)N4CCC(Cc5ccccc5)CC4)ccc3OC)CC2)c1. The van der Waals surface area contributed by atoms with E-state index in [1.807, 2.05) is 23.1 Å². The number of anilines is 1. The molecular weight excluding hydrogens is 590 g/mol. The van der Waals surface area contributed by atoms with Gasteiger partial charge < -0.3 is 19.1 Å². The van der Waals surface area contributed by atoms with Gasteiger partial charge in [-0.3, -0.25) is 0 Å². The van der Waals surface area contributed by atoms with E-state index < -0.39 is 20.0 Å². The molecule has 0 amide bonds. The normalized spacial score (nSPS) is 17.5. The van der Waals surface area contributed by atoms with Gasteiger partial charge in [-0.1, -0.05) is 30.3 Å². The molecule has 3 aromatic carbocycles. The second-order valence-electron chi connectivity index (χ2n) is 10.8. The minimum atomic E-state index is -3.86. The highest BCUT2D eigenvalue weighted by Crippen LogP contribution is 2.36. The summed E-state index contributed by atoms with van der Waals surface area (Å²) in [7, 11) is -3.12. The summed E-state index contributed by atoms with van der Waals surface area (Å²) in [6.45, 7) is 2.08. The predicted octanol–water partition coefficient (Wildman–Crippen LogP) is 3.87. The Balaban J connectivity index is 1.29. The van der Waals surface area contributed by atoms with E-state index in [0.717, 1.165) is 19.3 Å². The first-order chi connectivity index (χ1) is 20.7. The Morgan fingerprint density at radius 1 is 0.674 bits per heavy atom. The van der Waals surface area contributed by atoms with Gasteiger partial charge in [0.1, 0.15) is 22.1 Å². The molecule has 10 nitrogen and oxygen atoms in total. The Bertz CT molecular complexity index is 1620. The van der Waals surface area contributed by atoms with Gasteiger partial charge in [0, 0.05) is 45.3 Å². The van der Waals surface area contributed by atoms with Crippen molar-refractivity contribution in [2.45, 2.75) is 29.1 Å². The quantitative estimate of drug-likeness (QED) is 0.333. The van der Waals surface area contributed by atoms with Gasteiger partial charge in [-0.15, -0.1) is 0 Å². The number of piperidine rings is 1. The van der Waals surface area contributed by atoms with Gasteiger partial charge in [-0.25, -0.2) is 16.8 Å². The average Bonchev–Trinajstić information content (AvgIpc) is 3.05. The van der Waals surface area contributed by atoms with Gasteiger partial charge in [-0.2, -0.15) is 8.61 Å². The number of hydrogen-bond acceptors (Lipinski definition) is 8. The van der Waals surface area contributed by atoms with Crippen molar-refractivity contribution in [3.8, 4) is 17.2 Å². The van der Waals surface area contributed by atoms with Crippen molar-refractivity contribution in [1.82, 2.24) is 8.61 Å². The zero-order chi connectivity index (χ0) is 30.6. The van der Waals surface area contributed by atoms with Crippen LogP contribution in [0.3, 0.4) is 0 Å². The van der Waals surface area contributed by atoms with Crippen LogP contribution in [0.2, 0.25) is 0 Å². The third kappa shape index (κ3) is 6.62. The van der Waals surface area contributed by atoms with E-state index in [0.29, 0.717) is 49.3 Å². The minimum absolute atomic E-state index is 0.0426. The summed E-state index contributed by atoms with van der Waals surface area (Å²) >= 11 is 0. The average molecular weight is 630 g/mol. The summed E-state index contributed by atoms with van der Waals surface area (Å²) in [5.41, 5.74) is 1.90. The molecule has 43 heavy (non-hydrogen) atoms. The lowest BCUT2D eigenvalue weighted by molar-refractivity contribution is 0.273. The van der Waals surface area contributed by atoms with Gasteiger partial charge in [0.05, 0.1) is 31.9 Å². The minimum Gasteiger partial charge on any atom is -0.497 e. The first-order valence-corrected chi connectivity index (χ1v) is 17.2. The zero-order valence-corrected chi connectivity index (χ0v) is 26.4. The van der Waals surface area contributed by atoms with Crippen molar-refractivity contribution < 1.29 is 31.0 Å². The Hall–Kier alpha value is -3.32. The summed E-state index contributed by atoms with van der Waals surface area (Å²) in [4.78, 5) is 2.22. The summed E-state index contributed by atoms with van der Waals surface area (Å²) in [5, 5.41) is 0. The molecule has 0 spiro atoms. The molecule has 2 fully saturated rings. The number of piperazine rings is 1. The molecule has 12 heteroatoms. The maximum atomic E-state index is 13.7. The summed E-state index contributed by atoms with van der Waals surface area (Å²) in [6.07, 6.45) is 2.57. The van der Waals surface area contributed by atoms with Crippen molar-refractivity contribution in [2.24, 2.45) is 5.92 Å². The van der Waals surface area contributed by atoms with Crippen LogP contribution in [-0.2, 0) is 26.5 Å². The molecule has 2 aliphatic heterocycles. The van der Waals surface area contributed by atoms with Crippen LogP contribution in [0.1, 0.15) is 18.4 Å². The third-order valence-electron chi connectivity index (χ3n) is 8.30. The highest BCUT2D eigenvalue weighted by Gasteiger charge is 2.34. The maximum absolute atomic E-state index is 13.7. The second-order valence-corrected chi connectivity index (χ2v) is 14.6. The third-order valence-corrected chi connectivity index (χ3v) is 12.1. The van der Waals surface area contributed by atoms with E-state index >= 15 is 0 Å². The van der Waals surface area contributed by atoms with Crippen LogP contribution >= 0.6 is 0 Å². The molecule has 0 bridgehead atoms. The van der Waals surface area contributed by atoms with Crippen molar-refractivity contribution in [3.63, 3.8) is 0 Å². The van der Waals surface area contributed by atoms with E-state index in [2.05, 4.69) is 12.1 Å². The lowest BCUT2D eigenvalue weighted by Crippen LogP contribution is -2.48. The van der Waals surface area contributed by atoms with Crippen LogP contribution in [0.5, 0.6) is 17.2 Å². The molecule has 0 unspecified atom stereocenters. The maximum Gasteiger partial charge on any atom is 0.247 e. The molecule has 0 aliphatic carbocycles. The topological polar surface area (TPSA) is 106 Å². The largest absolute Gasteiger partial charge is 0.497 e. The number of nitrogens with zero attached hydrogens (tertiary/aromatic N) is 3. The first-order valence-electron chi connectivity index (χ1n) is 14.4. The van der Waals surface area contributed by atoms with Gasteiger partial charge in [0.15, 0.2) is 0 Å². The molecule has 0 aromatic heterocycles. The Labute approximate surface area is 254 Å². The molecule has 0 atom stereocenters. The smallest absolute Gasteiger partial charge is 0.247 e. The Kier molecular flexibility index (Phi) is 9.50. The summed E-state index contributed by atoms with van der Waals surface area (Å²) in [5.74, 6) is 1.64. The monoisotopic (exact) mass is 629 g/mol. The second kappa shape index (κ2) is 13.1. The van der Waals surface area contributed by atoms with Crippen molar-refractivity contribution in [3.05, 3.63) is 72.3 Å². The summed E-state index contributed by atoms with van der Waals surface area (Å²) in [6, 6.07) is 19.9. The number of rotatable bonds is 10. The highest BCUT2D eigenvalue weighted by molar-refractivity contribution is 7.89. The fourth-order valence-electron chi connectivity index (χ4n) is 5.82. The van der Waals surface area contributed by atoms with E-state index in [1.165, 1.54) is 30.2 Å². The molecule has 0 radical (unpaired) electrons. The number of methoxy groups -OCH3 is 3. The van der Waals surface area contributed by atoms with Crippen LogP contribution < -0.4 is 19.1 Å². The van der Waals surface area contributed by atoms with E-state index in [9.17, 15) is 16.8 Å². The number of ether oxygens (including phenoxy) is 3. The van der Waals surface area contributed by atoms with Crippen LogP contribution in [0.25, 0.3) is 0 Å². The lowest BCUT2D eigenvalue weighted by Gasteiger charge is -2.36. The van der Waals surface area contributed by atoms with Crippen LogP contribution in [0.15, 0.2) is 76.5 Å². The molecule has 0 saturated carbocycles. The van der Waals surface area contributed by atoms with E-state index in [-0.39, 0.29) is 28.6 Å². The van der Waals surface area contributed by atoms with Crippen LogP contribution in [0, 0.1) is 5.92 Å². The molecule has 0 N–H and O–H groups in total. The molecule has 5 rings (SSSR count). The molecule has 2 aliphatic rings. The fraction of sp³-hybridized carbons (Fsp3) is 0.419. The first kappa shape index (κ1) is 31.1. The fourth-order valence-corrected chi connectivity index (χ4v) is 8.90. The number of benzene rings is 3.